The van der Waals surface area contributed by atoms with Gasteiger partial charge in [-0.1, -0.05) is 0 Å². The molecule has 0 spiro atoms. The highest BCUT2D eigenvalue weighted by atomic mass is 16.5. The zero-order valence-electron chi connectivity index (χ0n) is 10.5. The summed E-state index contributed by atoms with van der Waals surface area (Å²) in [6, 6.07) is 1.96. The fraction of sp³-hybridized carbons (Fsp3) is 0.667. The van der Waals surface area contributed by atoms with Crippen molar-refractivity contribution in [2.24, 2.45) is 7.05 Å². The lowest BCUT2D eigenvalue weighted by Gasteiger charge is -2.08. The predicted octanol–water partition coefficient (Wildman–Crippen LogP) is 1.66. The van der Waals surface area contributed by atoms with Crippen molar-refractivity contribution in [3.05, 3.63) is 17.5 Å². The van der Waals surface area contributed by atoms with Gasteiger partial charge < -0.3 is 4.74 Å². The van der Waals surface area contributed by atoms with Gasteiger partial charge in [0.1, 0.15) is 5.78 Å². The number of nitrogens with zero attached hydrogens (tertiary/aromatic N) is 2. The molecule has 0 bridgehead atoms. The summed E-state index contributed by atoms with van der Waals surface area (Å²) in [7, 11) is 3.53. The van der Waals surface area contributed by atoms with Crippen LogP contribution in [0.2, 0.25) is 0 Å². The Labute approximate surface area is 96.6 Å². The Bertz CT molecular complexity index is 358. The molecular weight excluding hydrogens is 204 g/mol. The first kappa shape index (κ1) is 12.9. The zero-order valence-corrected chi connectivity index (χ0v) is 10.5. The highest BCUT2D eigenvalue weighted by Crippen LogP contribution is 2.07. The quantitative estimate of drug-likeness (QED) is 0.738. The van der Waals surface area contributed by atoms with Crippen LogP contribution in [0.3, 0.4) is 0 Å². The minimum absolute atomic E-state index is 0.150. The molecule has 0 radical (unpaired) electrons. The lowest BCUT2D eigenvalue weighted by Crippen LogP contribution is -2.11. The van der Waals surface area contributed by atoms with Gasteiger partial charge in [0.25, 0.3) is 0 Å². The average molecular weight is 224 g/mol. The number of carbonyl (C=O) groups is 1. The normalized spacial score (nSPS) is 12.8. The molecule has 0 saturated heterocycles. The van der Waals surface area contributed by atoms with Gasteiger partial charge in [-0.05, 0) is 26.3 Å². The number of rotatable bonds is 6. The molecule has 0 aliphatic heterocycles. The number of Topliss-reactive ketones (excluding diaryl/α,β-unsaturated/α-hetero) is 1. The first-order chi connectivity index (χ1) is 7.52. The van der Waals surface area contributed by atoms with Crippen LogP contribution in [0.25, 0.3) is 0 Å². The van der Waals surface area contributed by atoms with Crippen LogP contribution in [0.15, 0.2) is 6.07 Å². The van der Waals surface area contributed by atoms with Crippen molar-refractivity contribution in [3.63, 3.8) is 0 Å². The number of hydrogen-bond acceptors (Lipinski definition) is 3. The SMILES string of the molecule is COC(C)CCC(=O)Cc1cc(C)nn1C. The fourth-order valence-electron chi connectivity index (χ4n) is 1.60. The topological polar surface area (TPSA) is 44.1 Å². The smallest absolute Gasteiger partial charge is 0.138 e. The highest BCUT2D eigenvalue weighted by molar-refractivity contribution is 5.80. The zero-order chi connectivity index (χ0) is 12.1. The highest BCUT2D eigenvalue weighted by Gasteiger charge is 2.10. The largest absolute Gasteiger partial charge is 0.382 e. The van der Waals surface area contributed by atoms with Crippen LogP contribution < -0.4 is 0 Å². The van der Waals surface area contributed by atoms with E-state index in [4.69, 9.17) is 4.74 Å². The molecule has 0 amide bonds. The number of hydrogen-bond donors (Lipinski definition) is 0. The molecule has 0 N–H and O–H groups in total. The van der Waals surface area contributed by atoms with E-state index in [1.807, 2.05) is 27.0 Å². The molecule has 16 heavy (non-hydrogen) atoms. The molecule has 1 rings (SSSR count). The summed E-state index contributed by atoms with van der Waals surface area (Å²) < 4.78 is 6.88. The Hall–Kier alpha value is -1.16. The maximum atomic E-state index is 11.7. The Morgan fingerprint density at radius 3 is 2.81 bits per heavy atom. The lowest BCUT2D eigenvalue weighted by molar-refractivity contribution is -0.119. The molecule has 1 heterocycles. The Morgan fingerprint density at radius 2 is 2.31 bits per heavy atom. The summed E-state index contributed by atoms with van der Waals surface area (Å²) in [5.74, 6) is 0.243. The van der Waals surface area contributed by atoms with Crippen molar-refractivity contribution >= 4 is 5.78 Å². The summed E-state index contributed by atoms with van der Waals surface area (Å²) in [5.41, 5.74) is 1.93. The molecule has 4 heteroatoms. The summed E-state index contributed by atoms with van der Waals surface area (Å²) in [6.45, 7) is 3.91. The van der Waals surface area contributed by atoms with E-state index < -0.39 is 0 Å². The maximum Gasteiger partial charge on any atom is 0.138 e. The first-order valence-corrected chi connectivity index (χ1v) is 5.57. The van der Waals surface area contributed by atoms with Crippen LogP contribution in [0.5, 0.6) is 0 Å². The second-order valence-corrected chi connectivity index (χ2v) is 4.20. The van der Waals surface area contributed by atoms with Crippen LogP contribution in [0.4, 0.5) is 0 Å². The molecule has 4 nitrogen and oxygen atoms in total. The number of carbonyl (C=O) groups excluding carboxylic acids is 1. The van der Waals surface area contributed by atoms with E-state index in [2.05, 4.69) is 5.10 Å². The molecule has 0 aromatic carbocycles. The molecule has 1 aromatic heterocycles. The number of ketones is 1. The van der Waals surface area contributed by atoms with Crippen LogP contribution in [0.1, 0.15) is 31.2 Å². The lowest BCUT2D eigenvalue weighted by atomic mass is 10.1. The van der Waals surface area contributed by atoms with Crippen LogP contribution in [0, 0.1) is 6.92 Å². The maximum absolute atomic E-state index is 11.7. The molecule has 1 unspecified atom stereocenters. The Morgan fingerprint density at radius 1 is 1.62 bits per heavy atom. The molecule has 0 fully saturated rings. The minimum atomic E-state index is 0.150. The molecule has 1 aromatic rings. The van der Waals surface area contributed by atoms with E-state index in [0.717, 1.165) is 17.8 Å². The van der Waals surface area contributed by atoms with E-state index >= 15 is 0 Å². The Kier molecular flexibility index (Phi) is 4.68. The third-order valence-electron chi connectivity index (χ3n) is 2.71. The summed E-state index contributed by atoms with van der Waals surface area (Å²) >= 11 is 0. The predicted molar refractivity (Wildman–Crippen MR) is 62.4 cm³/mol. The van der Waals surface area contributed by atoms with Crippen molar-refractivity contribution in [1.82, 2.24) is 9.78 Å². The van der Waals surface area contributed by atoms with Gasteiger partial charge >= 0.3 is 0 Å². The second kappa shape index (κ2) is 5.80. The molecule has 0 saturated carbocycles. The standard InChI is InChI=1S/C12H20N2O2/c1-9-7-11(14(3)13-9)8-12(15)6-5-10(2)16-4/h7,10H,5-6,8H2,1-4H3. The molecular formula is C12H20N2O2. The van der Waals surface area contributed by atoms with Gasteiger partial charge in [-0.15, -0.1) is 0 Å². The van der Waals surface area contributed by atoms with Crippen molar-refractivity contribution in [2.45, 2.75) is 39.2 Å². The molecule has 1 atom stereocenters. The van der Waals surface area contributed by atoms with E-state index in [1.165, 1.54) is 0 Å². The first-order valence-electron chi connectivity index (χ1n) is 5.57. The second-order valence-electron chi connectivity index (χ2n) is 4.20. The number of ether oxygens (including phenoxy) is 1. The van der Waals surface area contributed by atoms with Crippen molar-refractivity contribution in [2.75, 3.05) is 7.11 Å². The van der Waals surface area contributed by atoms with Gasteiger partial charge in [-0.3, -0.25) is 9.48 Å². The third kappa shape index (κ3) is 3.77. The molecule has 0 aliphatic rings. The van der Waals surface area contributed by atoms with E-state index in [1.54, 1.807) is 11.8 Å². The van der Waals surface area contributed by atoms with Gasteiger partial charge in [0.2, 0.25) is 0 Å². The van der Waals surface area contributed by atoms with Gasteiger partial charge in [-0.25, -0.2) is 0 Å². The Balaban J connectivity index is 2.43. The van der Waals surface area contributed by atoms with Crippen LogP contribution >= 0.6 is 0 Å². The number of methoxy groups -OCH3 is 1. The van der Waals surface area contributed by atoms with Gasteiger partial charge in [0.15, 0.2) is 0 Å². The van der Waals surface area contributed by atoms with Gasteiger partial charge in [0.05, 0.1) is 11.8 Å². The van der Waals surface area contributed by atoms with Crippen LogP contribution in [-0.4, -0.2) is 28.8 Å². The number of aromatic nitrogens is 2. The summed E-state index contributed by atoms with van der Waals surface area (Å²) in [5, 5.41) is 4.22. The summed E-state index contributed by atoms with van der Waals surface area (Å²) in [6.07, 6.45) is 1.97. The average Bonchev–Trinajstić information content (AvgIpc) is 2.54. The van der Waals surface area contributed by atoms with Crippen LogP contribution in [-0.2, 0) is 23.0 Å². The van der Waals surface area contributed by atoms with Crippen molar-refractivity contribution < 1.29 is 9.53 Å². The third-order valence-corrected chi connectivity index (χ3v) is 2.71. The fourth-order valence-corrected chi connectivity index (χ4v) is 1.60. The number of aryl methyl sites for hydroxylation is 2. The van der Waals surface area contributed by atoms with E-state index in [0.29, 0.717) is 12.8 Å². The van der Waals surface area contributed by atoms with Gasteiger partial charge in [0, 0.05) is 32.7 Å². The van der Waals surface area contributed by atoms with Crippen molar-refractivity contribution in [1.29, 1.82) is 0 Å². The van der Waals surface area contributed by atoms with Crippen molar-refractivity contribution in [3.8, 4) is 0 Å². The molecule has 90 valence electrons. The summed E-state index contributed by atoms with van der Waals surface area (Å²) in [4.78, 5) is 11.7. The monoisotopic (exact) mass is 224 g/mol. The van der Waals surface area contributed by atoms with Gasteiger partial charge in [-0.2, -0.15) is 5.10 Å². The van der Waals surface area contributed by atoms with E-state index in [9.17, 15) is 4.79 Å². The minimum Gasteiger partial charge on any atom is -0.382 e. The molecule has 0 aliphatic carbocycles. The van der Waals surface area contributed by atoms with E-state index in [-0.39, 0.29) is 11.9 Å².